The predicted octanol–water partition coefficient (Wildman–Crippen LogP) is 4.08. The van der Waals surface area contributed by atoms with Crippen LogP contribution in [0.25, 0.3) is 0 Å². The van der Waals surface area contributed by atoms with Gasteiger partial charge in [0, 0.05) is 19.2 Å². The van der Waals surface area contributed by atoms with Crippen LogP contribution in [0.4, 0.5) is 0 Å². The Labute approximate surface area is 118 Å². The van der Waals surface area contributed by atoms with Crippen molar-refractivity contribution >= 4 is 0 Å². The largest absolute Gasteiger partial charge is 0.383 e. The molecule has 19 heavy (non-hydrogen) atoms. The summed E-state index contributed by atoms with van der Waals surface area (Å²) in [5, 5.41) is 3.70. The first-order chi connectivity index (χ1) is 8.99. The Kier molecular flexibility index (Phi) is 6.53. The van der Waals surface area contributed by atoms with Gasteiger partial charge < -0.3 is 10.1 Å². The van der Waals surface area contributed by atoms with Gasteiger partial charge in [-0.25, -0.2) is 0 Å². The zero-order valence-electron chi connectivity index (χ0n) is 13.3. The van der Waals surface area contributed by atoms with Crippen LogP contribution in [0.1, 0.15) is 55.0 Å². The average molecular weight is 263 g/mol. The summed E-state index contributed by atoms with van der Waals surface area (Å²) in [7, 11) is 1.77. The van der Waals surface area contributed by atoms with Crippen molar-refractivity contribution < 1.29 is 4.74 Å². The summed E-state index contributed by atoms with van der Waals surface area (Å²) in [6.07, 6.45) is 2.34. The summed E-state index contributed by atoms with van der Waals surface area (Å²) in [6, 6.07) is 5.41. The fourth-order valence-corrected chi connectivity index (χ4v) is 2.66. The van der Waals surface area contributed by atoms with Crippen molar-refractivity contribution in [2.24, 2.45) is 0 Å². The molecule has 0 aromatic heterocycles. The number of hydrogen-bond acceptors (Lipinski definition) is 2. The lowest BCUT2D eigenvalue weighted by Gasteiger charge is -2.24. The quantitative estimate of drug-likeness (QED) is 0.800. The Balaban J connectivity index is 2.81. The van der Waals surface area contributed by atoms with Gasteiger partial charge in [-0.2, -0.15) is 0 Å². The highest BCUT2D eigenvalue weighted by atomic mass is 16.5. The van der Waals surface area contributed by atoms with E-state index in [-0.39, 0.29) is 0 Å². The van der Waals surface area contributed by atoms with Crippen LogP contribution in [-0.4, -0.2) is 19.8 Å². The molecular weight excluding hydrogens is 234 g/mol. The molecule has 1 aromatic rings. The Morgan fingerprint density at radius 1 is 1.11 bits per heavy atom. The predicted molar refractivity (Wildman–Crippen MR) is 82.8 cm³/mol. The third-order valence-electron chi connectivity index (χ3n) is 3.84. The molecule has 2 nitrogen and oxygen atoms in total. The first-order valence-electron chi connectivity index (χ1n) is 7.32. The second kappa shape index (κ2) is 7.66. The lowest BCUT2D eigenvalue weighted by Crippen LogP contribution is -2.35. The maximum Gasteiger partial charge on any atom is 0.0616 e. The summed E-state index contributed by atoms with van der Waals surface area (Å²) in [6.45, 7) is 11.8. The molecule has 0 bridgehead atoms. The van der Waals surface area contributed by atoms with Crippen LogP contribution in [0.3, 0.4) is 0 Å². The standard InChI is InChI=1S/C17H29NO/c1-7-8-16(11-19-6)18-15(5)17-10-13(3)12(2)9-14(17)4/h9-10,15-16,18H,7-8,11H2,1-6H3. The molecule has 0 aliphatic carbocycles. The van der Waals surface area contributed by atoms with Crippen LogP contribution in [0.15, 0.2) is 12.1 Å². The van der Waals surface area contributed by atoms with Crippen LogP contribution in [0, 0.1) is 20.8 Å². The molecule has 1 rings (SSSR count). The van der Waals surface area contributed by atoms with Crippen LogP contribution in [-0.2, 0) is 4.74 Å². The SMILES string of the molecule is CCCC(COC)NC(C)c1cc(C)c(C)cc1C. The number of hydrogen-bond donors (Lipinski definition) is 1. The Bertz CT molecular complexity index is 394. The van der Waals surface area contributed by atoms with Crippen molar-refractivity contribution in [3.63, 3.8) is 0 Å². The highest BCUT2D eigenvalue weighted by Crippen LogP contribution is 2.22. The molecule has 0 radical (unpaired) electrons. The summed E-state index contributed by atoms with van der Waals surface area (Å²) in [5.41, 5.74) is 5.51. The molecule has 2 unspecified atom stereocenters. The van der Waals surface area contributed by atoms with Crippen molar-refractivity contribution in [3.8, 4) is 0 Å². The van der Waals surface area contributed by atoms with Crippen molar-refractivity contribution in [2.75, 3.05) is 13.7 Å². The first kappa shape index (κ1) is 16.2. The van der Waals surface area contributed by atoms with E-state index in [4.69, 9.17) is 4.74 Å². The Morgan fingerprint density at radius 3 is 2.32 bits per heavy atom. The molecule has 0 heterocycles. The molecule has 1 aromatic carbocycles. The van der Waals surface area contributed by atoms with Crippen molar-refractivity contribution in [1.82, 2.24) is 5.32 Å². The molecule has 108 valence electrons. The minimum Gasteiger partial charge on any atom is -0.383 e. The topological polar surface area (TPSA) is 21.3 Å². The fourth-order valence-electron chi connectivity index (χ4n) is 2.66. The minimum atomic E-state index is 0.367. The second-order valence-corrected chi connectivity index (χ2v) is 5.62. The monoisotopic (exact) mass is 263 g/mol. The van der Waals surface area contributed by atoms with Gasteiger partial charge in [0.2, 0.25) is 0 Å². The zero-order chi connectivity index (χ0) is 14.4. The van der Waals surface area contributed by atoms with Gasteiger partial charge in [0.25, 0.3) is 0 Å². The van der Waals surface area contributed by atoms with E-state index in [1.807, 2.05) is 0 Å². The maximum atomic E-state index is 5.30. The Hall–Kier alpha value is -0.860. The van der Waals surface area contributed by atoms with E-state index in [9.17, 15) is 0 Å². The second-order valence-electron chi connectivity index (χ2n) is 5.62. The number of ether oxygens (including phenoxy) is 1. The third-order valence-corrected chi connectivity index (χ3v) is 3.84. The van der Waals surface area contributed by atoms with E-state index in [0.717, 1.165) is 13.0 Å². The van der Waals surface area contributed by atoms with Crippen molar-refractivity contribution in [2.45, 2.75) is 59.5 Å². The molecular formula is C17H29NO. The van der Waals surface area contributed by atoms with E-state index >= 15 is 0 Å². The van der Waals surface area contributed by atoms with E-state index in [1.165, 1.54) is 28.7 Å². The molecule has 0 amide bonds. The van der Waals surface area contributed by atoms with Crippen LogP contribution >= 0.6 is 0 Å². The van der Waals surface area contributed by atoms with E-state index in [2.05, 4.69) is 52.1 Å². The average Bonchev–Trinajstić information content (AvgIpc) is 2.34. The highest BCUT2D eigenvalue weighted by molar-refractivity contribution is 5.38. The smallest absolute Gasteiger partial charge is 0.0616 e. The van der Waals surface area contributed by atoms with E-state index in [0.29, 0.717) is 12.1 Å². The third kappa shape index (κ3) is 4.63. The molecule has 0 spiro atoms. The lowest BCUT2D eigenvalue weighted by molar-refractivity contribution is 0.157. The van der Waals surface area contributed by atoms with E-state index < -0.39 is 0 Å². The van der Waals surface area contributed by atoms with Gasteiger partial charge in [-0.1, -0.05) is 25.5 Å². The van der Waals surface area contributed by atoms with Crippen LogP contribution in [0.5, 0.6) is 0 Å². The lowest BCUT2D eigenvalue weighted by atomic mass is 9.96. The highest BCUT2D eigenvalue weighted by Gasteiger charge is 2.14. The fraction of sp³-hybridized carbons (Fsp3) is 0.647. The first-order valence-corrected chi connectivity index (χ1v) is 7.32. The van der Waals surface area contributed by atoms with Gasteiger partial charge in [-0.3, -0.25) is 0 Å². The van der Waals surface area contributed by atoms with Gasteiger partial charge in [0.05, 0.1) is 6.61 Å². The summed E-state index contributed by atoms with van der Waals surface area (Å²) in [4.78, 5) is 0. The van der Waals surface area contributed by atoms with Gasteiger partial charge in [-0.15, -0.1) is 0 Å². The Morgan fingerprint density at radius 2 is 1.74 bits per heavy atom. The summed E-state index contributed by atoms with van der Waals surface area (Å²) < 4.78 is 5.30. The molecule has 0 fully saturated rings. The molecule has 1 N–H and O–H groups in total. The molecule has 0 aliphatic heterocycles. The maximum absolute atomic E-state index is 5.30. The molecule has 2 atom stereocenters. The van der Waals surface area contributed by atoms with Crippen LogP contribution < -0.4 is 5.32 Å². The molecule has 2 heteroatoms. The zero-order valence-corrected chi connectivity index (χ0v) is 13.3. The van der Waals surface area contributed by atoms with Crippen molar-refractivity contribution in [1.29, 1.82) is 0 Å². The number of methoxy groups -OCH3 is 1. The summed E-state index contributed by atoms with van der Waals surface area (Å²) >= 11 is 0. The number of benzene rings is 1. The van der Waals surface area contributed by atoms with E-state index in [1.54, 1.807) is 7.11 Å². The van der Waals surface area contributed by atoms with Gasteiger partial charge in [0.1, 0.15) is 0 Å². The minimum absolute atomic E-state index is 0.367. The van der Waals surface area contributed by atoms with Gasteiger partial charge in [0.15, 0.2) is 0 Å². The van der Waals surface area contributed by atoms with Crippen molar-refractivity contribution in [3.05, 3.63) is 34.4 Å². The van der Waals surface area contributed by atoms with Gasteiger partial charge >= 0.3 is 0 Å². The van der Waals surface area contributed by atoms with Gasteiger partial charge in [-0.05, 0) is 56.4 Å². The number of rotatable bonds is 7. The summed E-state index contributed by atoms with van der Waals surface area (Å²) in [5.74, 6) is 0. The normalized spacial score (nSPS) is 14.4. The molecule has 0 aliphatic rings. The number of nitrogens with one attached hydrogen (secondary N) is 1. The molecule has 0 saturated heterocycles. The number of aryl methyl sites for hydroxylation is 3. The molecule has 0 saturated carbocycles. The van der Waals surface area contributed by atoms with Crippen LogP contribution in [0.2, 0.25) is 0 Å².